The van der Waals surface area contributed by atoms with Gasteiger partial charge in [0.15, 0.2) is 0 Å². The molecule has 1 aliphatic heterocycles. The summed E-state index contributed by atoms with van der Waals surface area (Å²) in [6.07, 6.45) is 0. The fraction of sp³-hybridized carbons (Fsp3) is 0.346. The maximum absolute atomic E-state index is 13.1. The highest BCUT2D eigenvalue weighted by Gasteiger charge is 2.21. The van der Waals surface area contributed by atoms with Gasteiger partial charge in [0.25, 0.3) is 0 Å². The minimum atomic E-state index is -0.0788. The molecule has 34 heavy (non-hydrogen) atoms. The molecule has 1 amide bonds. The highest BCUT2D eigenvalue weighted by atomic mass is 32.1. The van der Waals surface area contributed by atoms with Crippen LogP contribution in [0.15, 0.2) is 42.5 Å². The lowest BCUT2D eigenvalue weighted by Gasteiger charge is -2.26. The molecule has 3 heterocycles. The molecule has 5 rings (SSSR count). The summed E-state index contributed by atoms with van der Waals surface area (Å²) in [6.45, 7) is 8.32. The Balaban J connectivity index is 1.41. The lowest BCUT2D eigenvalue weighted by atomic mass is 10.1. The van der Waals surface area contributed by atoms with Gasteiger partial charge >= 0.3 is 0 Å². The number of hydrogen-bond donors (Lipinski definition) is 1. The van der Waals surface area contributed by atoms with E-state index < -0.39 is 0 Å². The van der Waals surface area contributed by atoms with E-state index in [0.717, 1.165) is 64.6 Å². The van der Waals surface area contributed by atoms with E-state index in [9.17, 15) is 4.79 Å². The zero-order valence-electron chi connectivity index (χ0n) is 19.8. The van der Waals surface area contributed by atoms with Crippen molar-refractivity contribution in [3.8, 4) is 0 Å². The number of anilines is 2. The van der Waals surface area contributed by atoms with Gasteiger partial charge in [-0.25, -0.2) is 9.97 Å². The van der Waals surface area contributed by atoms with Gasteiger partial charge in [-0.1, -0.05) is 36.4 Å². The summed E-state index contributed by atoms with van der Waals surface area (Å²) in [5, 5.41) is 6.26. The Bertz CT molecular complexity index is 1340. The Morgan fingerprint density at radius 2 is 1.88 bits per heavy atom. The second-order valence-electron chi connectivity index (χ2n) is 8.75. The second-order valence-corrected chi connectivity index (χ2v) is 9.95. The zero-order chi connectivity index (χ0) is 23.7. The summed E-state index contributed by atoms with van der Waals surface area (Å²) >= 11 is 1.69. The quantitative estimate of drug-likeness (QED) is 0.447. The third-order valence-corrected chi connectivity index (χ3v) is 7.43. The molecule has 4 aromatic rings. The number of hydrogen-bond acceptors (Lipinski definition) is 7. The number of ether oxygens (including phenoxy) is 1. The van der Waals surface area contributed by atoms with Crippen LogP contribution in [0.4, 0.5) is 11.5 Å². The van der Waals surface area contributed by atoms with Gasteiger partial charge < -0.3 is 15.0 Å². The first kappa shape index (κ1) is 22.7. The van der Waals surface area contributed by atoms with Crippen LogP contribution in [0.5, 0.6) is 0 Å². The monoisotopic (exact) mass is 475 g/mol. The van der Waals surface area contributed by atoms with Crippen molar-refractivity contribution in [2.24, 2.45) is 0 Å². The SMILES string of the molecule is Cc1sc2nc(CN3CCOCC3)nc(N(C)CC(=O)Nc3cccc4ccccc34)c2c1C. The number of thiophene rings is 1. The van der Waals surface area contributed by atoms with Crippen LogP contribution in [0.25, 0.3) is 21.0 Å². The van der Waals surface area contributed by atoms with Crippen LogP contribution in [0, 0.1) is 13.8 Å². The highest BCUT2D eigenvalue weighted by Crippen LogP contribution is 2.35. The minimum Gasteiger partial charge on any atom is -0.379 e. The number of carbonyl (C=O) groups excluding carboxylic acids is 1. The van der Waals surface area contributed by atoms with E-state index in [2.05, 4.69) is 24.1 Å². The Morgan fingerprint density at radius 3 is 2.71 bits per heavy atom. The number of morpholine rings is 1. The van der Waals surface area contributed by atoms with Crippen molar-refractivity contribution in [1.82, 2.24) is 14.9 Å². The van der Waals surface area contributed by atoms with Crippen LogP contribution < -0.4 is 10.2 Å². The van der Waals surface area contributed by atoms with Gasteiger partial charge in [-0.3, -0.25) is 9.69 Å². The summed E-state index contributed by atoms with van der Waals surface area (Å²) in [5.41, 5.74) is 1.99. The largest absolute Gasteiger partial charge is 0.379 e. The van der Waals surface area contributed by atoms with Gasteiger partial charge in [0, 0.05) is 36.1 Å². The molecule has 7 nitrogen and oxygen atoms in total. The van der Waals surface area contributed by atoms with E-state index >= 15 is 0 Å². The number of aromatic nitrogens is 2. The fourth-order valence-electron chi connectivity index (χ4n) is 4.39. The zero-order valence-corrected chi connectivity index (χ0v) is 20.6. The maximum atomic E-state index is 13.1. The molecular formula is C26H29N5O2S. The average Bonchev–Trinajstić information content (AvgIpc) is 3.12. The predicted octanol–water partition coefficient (Wildman–Crippen LogP) is 4.37. The van der Waals surface area contributed by atoms with Crippen molar-refractivity contribution in [3.63, 3.8) is 0 Å². The van der Waals surface area contributed by atoms with Gasteiger partial charge in [0.05, 0.1) is 31.7 Å². The number of likely N-dealkylation sites (N-methyl/N-ethyl adjacent to an activating group) is 1. The Labute approximate surface area is 203 Å². The topological polar surface area (TPSA) is 70.6 Å². The van der Waals surface area contributed by atoms with Gasteiger partial charge in [-0.15, -0.1) is 11.3 Å². The molecule has 176 valence electrons. The summed E-state index contributed by atoms with van der Waals surface area (Å²) in [6, 6.07) is 14.0. The molecule has 0 atom stereocenters. The fourth-order valence-corrected chi connectivity index (χ4v) is 5.43. The smallest absolute Gasteiger partial charge is 0.243 e. The summed E-state index contributed by atoms with van der Waals surface area (Å²) in [4.78, 5) is 29.3. The number of benzene rings is 2. The molecule has 0 radical (unpaired) electrons. The number of carbonyl (C=O) groups is 1. The number of rotatable bonds is 6. The molecule has 1 fully saturated rings. The lowest BCUT2D eigenvalue weighted by Crippen LogP contribution is -2.36. The summed E-state index contributed by atoms with van der Waals surface area (Å²) in [5.74, 6) is 1.51. The highest BCUT2D eigenvalue weighted by molar-refractivity contribution is 7.18. The third-order valence-electron chi connectivity index (χ3n) is 6.33. The first-order valence-corrected chi connectivity index (χ1v) is 12.4. The van der Waals surface area contributed by atoms with Crippen molar-refractivity contribution >= 4 is 49.7 Å². The van der Waals surface area contributed by atoms with Crippen molar-refractivity contribution in [3.05, 3.63) is 58.7 Å². The maximum Gasteiger partial charge on any atom is 0.243 e. The van der Waals surface area contributed by atoms with Crippen molar-refractivity contribution in [1.29, 1.82) is 0 Å². The Kier molecular flexibility index (Phi) is 6.45. The van der Waals surface area contributed by atoms with Crippen LogP contribution in [0.1, 0.15) is 16.3 Å². The van der Waals surface area contributed by atoms with Crippen LogP contribution in [-0.4, -0.2) is 60.7 Å². The summed E-state index contributed by atoms with van der Waals surface area (Å²) < 4.78 is 5.47. The molecule has 2 aromatic heterocycles. The molecule has 1 saturated heterocycles. The molecule has 0 saturated carbocycles. The normalized spacial score (nSPS) is 14.6. The van der Waals surface area contributed by atoms with E-state index in [1.54, 1.807) is 11.3 Å². The number of fused-ring (bicyclic) bond motifs is 2. The number of nitrogens with one attached hydrogen (secondary N) is 1. The molecular weight excluding hydrogens is 446 g/mol. The van der Waals surface area contributed by atoms with Crippen LogP contribution >= 0.6 is 11.3 Å². The predicted molar refractivity (Wildman–Crippen MR) is 139 cm³/mol. The van der Waals surface area contributed by atoms with Crippen LogP contribution in [0.2, 0.25) is 0 Å². The molecule has 1 N–H and O–H groups in total. The number of amides is 1. The van der Waals surface area contributed by atoms with Gasteiger partial charge in [-0.05, 0) is 30.9 Å². The molecule has 2 aromatic carbocycles. The number of aryl methyl sites for hydroxylation is 2. The number of nitrogens with zero attached hydrogens (tertiary/aromatic N) is 4. The first-order valence-electron chi connectivity index (χ1n) is 11.5. The van der Waals surface area contributed by atoms with Gasteiger partial charge in [0.2, 0.25) is 5.91 Å². The van der Waals surface area contributed by atoms with Crippen molar-refractivity contribution in [2.75, 3.05) is 50.1 Å². The standard InChI is InChI=1S/C26H29N5O2S/c1-17-18(2)34-26-24(17)25(28-22(29-26)15-31-11-13-33-14-12-31)30(3)16-23(32)27-21-10-6-8-19-7-4-5-9-20(19)21/h4-10H,11-16H2,1-3H3,(H,27,32). The molecule has 1 aliphatic rings. The third kappa shape index (κ3) is 4.61. The molecule has 0 bridgehead atoms. The minimum absolute atomic E-state index is 0.0788. The van der Waals surface area contributed by atoms with E-state index in [4.69, 9.17) is 14.7 Å². The van der Waals surface area contributed by atoms with Crippen molar-refractivity contribution < 1.29 is 9.53 Å². The first-order chi connectivity index (χ1) is 16.5. The molecule has 0 unspecified atom stereocenters. The Hall–Kier alpha value is -3.07. The van der Waals surface area contributed by atoms with Gasteiger partial charge in [-0.2, -0.15) is 0 Å². The van der Waals surface area contributed by atoms with E-state index in [0.29, 0.717) is 6.54 Å². The lowest BCUT2D eigenvalue weighted by molar-refractivity contribution is -0.114. The van der Waals surface area contributed by atoms with E-state index in [-0.39, 0.29) is 12.5 Å². The van der Waals surface area contributed by atoms with Crippen LogP contribution in [0.3, 0.4) is 0 Å². The molecule has 8 heteroatoms. The van der Waals surface area contributed by atoms with E-state index in [1.807, 2.05) is 54.4 Å². The van der Waals surface area contributed by atoms with Crippen LogP contribution in [-0.2, 0) is 16.1 Å². The second kappa shape index (κ2) is 9.66. The average molecular weight is 476 g/mol. The Morgan fingerprint density at radius 1 is 1.12 bits per heavy atom. The molecule has 0 aliphatic carbocycles. The van der Waals surface area contributed by atoms with Gasteiger partial charge in [0.1, 0.15) is 16.5 Å². The molecule has 0 spiro atoms. The van der Waals surface area contributed by atoms with E-state index in [1.165, 1.54) is 10.4 Å². The van der Waals surface area contributed by atoms with Crippen molar-refractivity contribution in [2.45, 2.75) is 20.4 Å². The summed E-state index contributed by atoms with van der Waals surface area (Å²) in [7, 11) is 1.93.